The van der Waals surface area contributed by atoms with E-state index in [2.05, 4.69) is 9.50 Å². The lowest BCUT2D eigenvalue weighted by Crippen LogP contribution is -2.64. The van der Waals surface area contributed by atoms with E-state index in [1.165, 1.54) is 0 Å². The van der Waals surface area contributed by atoms with Crippen LogP contribution in [0.1, 0.15) is 6.92 Å². The van der Waals surface area contributed by atoms with Crippen molar-refractivity contribution in [2.75, 3.05) is 6.61 Å². The molecule has 5 atom stereocenters. The second kappa shape index (κ2) is 6.09. The Labute approximate surface area is 108 Å². The lowest BCUT2D eigenvalue weighted by atomic mass is 9.97. The fourth-order valence-corrected chi connectivity index (χ4v) is 1.93. The standard InChI is InChI=1S/C8H15NO9S/c1-3(10)9-5-7(12)6(11)4(18-8(5)13)2-17-19(14,15)16/h4-8,11-13H,2H2,1H3,(H,9,10)(H,14,15,16)/t4-,5-,6-,7-,8-/m1/s1. The number of ether oxygens (including phenoxy) is 1. The van der Waals surface area contributed by atoms with E-state index in [1.54, 1.807) is 0 Å². The second-order valence-corrected chi connectivity index (χ2v) is 5.08. The average molecular weight is 301 g/mol. The van der Waals surface area contributed by atoms with Crippen molar-refractivity contribution in [3.8, 4) is 0 Å². The molecule has 112 valence electrons. The maximum Gasteiger partial charge on any atom is 0.397 e. The zero-order chi connectivity index (χ0) is 14.8. The summed E-state index contributed by atoms with van der Waals surface area (Å²) in [6, 6.07) is -1.27. The fourth-order valence-electron chi connectivity index (χ4n) is 1.63. The van der Waals surface area contributed by atoms with Gasteiger partial charge in [-0.2, -0.15) is 8.42 Å². The highest BCUT2D eigenvalue weighted by Gasteiger charge is 2.44. The van der Waals surface area contributed by atoms with Crippen LogP contribution in [-0.2, 0) is 24.1 Å². The van der Waals surface area contributed by atoms with Gasteiger partial charge in [0.25, 0.3) is 0 Å². The summed E-state index contributed by atoms with van der Waals surface area (Å²) in [4.78, 5) is 10.8. The van der Waals surface area contributed by atoms with Crippen molar-refractivity contribution >= 4 is 16.3 Å². The van der Waals surface area contributed by atoms with Crippen LogP contribution in [0.25, 0.3) is 0 Å². The summed E-state index contributed by atoms with van der Waals surface area (Å²) in [6.45, 7) is 0.334. The fraction of sp³-hybridized carbons (Fsp3) is 0.875. The molecule has 0 aromatic rings. The van der Waals surface area contributed by atoms with Crippen molar-refractivity contribution in [3.63, 3.8) is 0 Å². The Bertz CT molecular complexity index is 424. The molecule has 0 bridgehead atoms. The zero-order valence-electron chi connectivity index (χ0n) is 9.83. The van der Waals surface area contributed by atoms with Gasteiger partial charge in [-0.3, -0.25) is 9.35 Å². The molecule has 1 rings (SSSR count). The first-order chi connectivity index (χ1) is 8.61. The molecule has 0 saturated carbocycles. The van der Waals surface area contributed by atoms with Gasteiger partial charge in [0.1, 0.15) is 24.4 Å². The van der Waals surface area contributed by atoms with Crippen molar-refractivity contribution in [1.29, 1.82) is 0 Å². The third-order valence-electron chi connectivity index (χ3n) is 2.47. The van der Waals surface area contributed by atoms with E-state index < -0.39 is 53.6 Å². The maximum atomic E-state index is 10.8. The third-order valence-corrected chi connectivity index (χ3v) is 2.91. The number of carbonyl (C=O) groups is 1. The van der Waals surface area contributed by atoms with Crippen molar-refractivity contribution in [3.05, 3.63) is 0 Å². The summed E-state index contributed by atoms with van der Waals surface area (Å²) >= 11 is 0. The van der Waals surface area contributed by atoms with Gasteiger partial charge in [0, 0.05) is 6.92 Å². The molecule has 0 spiro atoms. The molecule has 5 N–H and O–H groups in total. The second-order valence-electron chi connectivity index (χ2n) is 3.98. The molecule has 10 nitrogen and oxygen atoms in total. The first-order valence-corrected chi connectivity index (χ1v) is 6.57. The summed E-state index contributed by atoms with van der Waals surface area (Å²) in [6.07, 6.45) is -6.28. The van der Waals surface area contributed by atoms with Crippen LogP contribution in [0.5, 0.6) is 0 Å². The summed E-state index contributed by atoms with van der Waals surface area (Å²) in [5.74, 6) is -0.563. The van der Waals surface area contributed by atoms with E-state index >= 15 is 0 Å². The molecule has 0 aliphatic carbocycles. The van der Waals surface area contributed by atoms with E-state index in [1.807, 2.05) is 0 Å². The SMILES string of the molecule is CC(=O)N[C@@H]1[C@@H](O)[C@H](O)[C@@H](COS(=O)(=O)O)O[C@H]1O. The predicted octanol–water partition coefficient (Wildman–Crippen LogP) is -3.25. The molecule has 11 heteroatoms. The Morgan fingerprint density at radius 2 is 1.89 bits per heavy atom. The molecule has 0 unspecified atom stereocenters. The number of aliphatic hydroxyl groups excluding tert-OH is 3. The zero-order valence-corrected chi connectivity index (χ0v) is 10.6. The third kappa shape index (κ3) is 4.65. The van der Waals surface area contributed by atoms with Gasteiger partial charge in [-0.1, -0.05) is 0 Å². The van der Waals surface area contributed by atoms with Crippen LogP contribution in [-0.4, -0.2) is 71.4 Å². The van der Waals surface area contributed by atoms with Gasteiger partial charge in [0.2, 0.25) is 5.91 Å². The molecular formula is C8H15NO9S. The molecule has 1 amide bonds. The smallest absolute Gasteiger partial charge is 0.388 e. The molecule has 0 aromatic carbocycles. The van der Waals surface area contributed by atoms with Gasteiger partial charge in [0.15, 0.2) is 6.29 Å². The van der Waals surface area contributed by atoms with Crippen LogP contribution in [0.4, 0.5) is 0 Å². The minimum atomic E-state index is -4.74. The molecule has 1 aliphatic heterocycles. The topological polar surface area (TPSA) is 163 Å². The van der Waals surface area contributed by atoms with Gasteiger partial charge in [-0.15, -0.1) is 0 Å². The molecule has 1 fully saturated rings. The largest absolute Gasteiger partial charge is 0.397 e. The first kappa shape index (κ1) is 16.2. The predicted molar refractivity (Wildman–Crippen MR) is 58.0 cm³/mol. The quantitative estimate of drug-likeness (QED) is 0.335. The van der Waals surface area contributed by atoms with Crippen LogP contribution < -0.4 is 5.32 Å². The summed E-state index contributed by atoms with van der Waals surface area (Å²) in [7, 11) is -4.74. The number of nitrogens with one attached hydrogen (secondary N) is 1. The van der Waals surface area contributed by atoms with E-state index in [0.717, 1.165) is 6.92 Å². The van der Waals surface area contributed by atoms with Crippen molar-refractivity contribution in [2.24, 2.45) is 0 Å². The number of hydrogen-bond acceptors (Lipinski definition) is 8. The Kier molecular flexibility index (Phi) is 5.20. The highest BCUT2D eigenvalue weighted by molar-refractivity contribution is 7.80. The number of hydrogen-bond donors (Lipinski definition) is 5. The Morgan fingerprint density at radius 3 is 2.37 bits per heavy atom. The Balaban J connectivity index is 2.69. The van der Waals surface area contributed by atoms with Crippen molar-refractivity contribution < 1.29 is 42.0 Å². The first-order valence-electron chi connectivity index (χ1n) is 5.20. The highest BCUT2D eigenvalue weighted by Crippen LogP contribution is 2.20. The molecule has 1 heterocycles. The van der Waals surface area contributed by atoms with Crippen LogP contribution in [0.2, 0.25) is 0 Å². The number of aliphatic hydroxyl groups is 3. The lowest BCUT2D eigenvalue weighted by Gasteiger charge is -2.40. The van der Waals surface area contributed by atoms with Crippen molar-refractivity contribution in [2.45, 2.75) is 37.6 Å². The van der Waals surface area contributed by atoms with Gasteiger partial charge in [0.05, 0.1) is 6.61 Å². The summed E-state index contributed by atoms with van der Waals surface area (Å²) in [5, 5.41) is 31.0. The van der Waals surface area contributed by atoms with Gasteiger partial charge in [-0.05, 0) is 0 Å². The van der Waals surface area contributed by atoms with Gasteiger partial charge >= 0.3 is 10.4 Å². The van der Waals surface area contributed by atoms with Crippen LogP contribution >= 0.6 is 0 Å². The number of rotatable bonds is 4. The monoisotopic (exact) mass is 301 g/mol. The summed E-state index contributed by atoms with van der Waals surface area (Å²) < 4.78 is 37.9. The Hall–Kier alpha value is -0.820. The maximum absolute atomic E-state index is 10.8. The number of amides is 1. The van der Waals surface area contributed by atoms with E-state index in [9.17, 15) is 28.5 Å². The van der Waals surface area contributed by atoms with Crippen molar-refractivity contribution in [1.82, 2.24) is 5.32 Å². The van der Waals surface area contributed by atoms with E-state index in [4.69, 9.17) is 9.29 Å². The molecule has 0 aromatic heterocycles. The molecule has 1 saturated heterocycles. The minimum Gasteiger partial charge on any atom is -0.388 e. The van der Waals surface area contributed by atoms with E-state index in [0.29, 0.717) is 0 Å². The molecule has 0 radical (unpaired) electrons. The van der Waals surface area contributed by atoms with Crippen LogP contribution in [0.15, 0.2) is 0 Å². The van der Waals surface area contributed by atoms with Crippen LogP contribution in [0.3, 0.4) is 0 Å². The van der Waals surface area contributed by atoms with Gasteiger partial charge in [-0.25, -0.2) is 4.18 Å². The highest BCUT2D eigenvalue weighted by atomic mass is 32.3. The van der Waals surface area contributed by atoms with Crippen LogP contribution in [0, 0.1) is 0 Å². The molecule has 19 heavy (non-hydrogen) atoms. The van der Waals surface area contributed by atoms with E-state index in [-0.39, 0.29) is 0 Å². The lowest BCUT2D eigenvalue weighted by molar-refractivity contribution is -0.252. The molecule has 1 aliphatic rings. The normalized spacial score (nSPS) is 35.9. The minimum absolute atomic E-state index is 0.563. The molecular weight excluding hydrogens is 286 g/mol. The average Bonchev–Trinajstić information content (AvgIpc) is 2.26. The number of carbonyl (C=O) groups excluding carboxylic acids is 1. The van der Waals surface area contributed by atoms with Gasteiger partial charge < -0.3 is 25.4 Å². The summed E-state index contributed by atoms with van der Waals surface area (Å²) in [5.41, 5.74) is 0. The Morgan fingerprint density at radius 1 is 1.32 bits per heavy atom.